The molecule has 1 aliphatic rings. The van der Waals surface area contributed by atoms with E-state index in [9.17, 15) is 14.7 Å². The molecule has 0 bridgehead atoms. The van der Waals surface area contributed by atoms with Crippen molar-refractivity contribution >= 4 is 23.4 Å². The smallest absolute Gasteiger partial charge is 0.270 e. The Bertz CT molecular complexity index is 1130. The second kappa shape index (κ2) is 10.2. The van der Waals surface area contributed by atoms with Gasteiger partial charge in [0.15, 0.2) is 0 Å². The molecule has 0 aliphatic carbocycles. The number of H-pyrrole nitrogens is 1. The minimum Gasteiger partial charge on any atom is -0.384 e. The summed E-state index contributed by atoms with van der Waals surface area (Å²) in [6, 6.07) is 9.90. The molecule has 4 rings (SSSR count). The Labute approximate surface area is 196 Å². The summed E-state index contributed by atoms with van der Waals surface area (Å²) in [6.45, 7) is 1.12. The summed E-state index contributed by atoms with van der Waals surface area (Å²) in [5, 5.41) is 14.1. The van der Waals surface area contributed by atoms with Crippen LogP contribution in [0, 0.1) is 0 Å². The monoisotopic (exact) mass is 467 g/mol. The minimum atomic E-state index is -0.877. The summed E-state index contributed by atoms with van der Waals surface area (Å²) in [6.07, 6.45) is 5.26. The van der Waals surface area contributed by atoms with Crippen LogP contribution in [-0.4, -0.2) is 44.4 Å². The first kappa shape index (κ1) is 23.0. The average Bonchev–Trinajstić information content (AvgIpc) is 3.53. The number of nitrogens with one attached hydrogen (secondary N) is 2. The Hall–Kier alpha value is -3.20. The van der Waals surface area contributed by atoms with Gasteiger partial charge < -0.3 is 26.0 Å². The molecule has 1 aromatic carbocycles. The van der Waals surface area contributed by atoms with Crippen molar-refractivity contribution in [2.75, 3.05) is 6.54 Å². The van der Waals surface area contributed by atoms with E-state index in [1.807, 2.05) is 6.07 Å². The van der Waals surface area contributed by atoms with E-state index in [4.69, 9.17) is 17.3 Å². The Balaban J connectivity index is 1.43. The van der Waals surface area contributed by atoms with E-state index in [0.29, 0.717) is 41.4 Å². The number of rotatable bonds is 7. The van der Waals surface area contributed by atoms with Gasteiger partial charge in [-0.05, 0) is 59.9 Å². The molecule has 2 aromatic heterocycles. The quantitative estimate of drug-likeness (QED) is 0.425. The number of carbonyl (C=O) groups excluding carboxylic acids is 2. The number of aromatic amines is 1. The molecular formula is C24H26ClN5O3. The molecule has 33 heavy (non-hydrogen) atoms. The Kier molecular flexibility index (Phi) is 7.08. The zero-order chi connectivity index (χ0) is 23.4. The molecule has 172 valence electrons. The van der Waals surface area contributed by atoms with E-state index < -0.39 is 12.1 Å². The number of aromatic nitrogens is 2. The van der Waals surface area contributed by atoms with Crippen LogP contribution < -0.4 is 11.1 Å². The van der Waals surface area contributed by atoms with Crippen LogP contribution >= 0.6 is 11.6 Å². The van der Waals surface area contributed by atoms with Gasteiger partial charge in [-0.25, -0.2) is 0 Å². The predicted octanol–water partition coefficient (Wildman–Crippen LogP) is 2.52. The third-order valence-electron chi connectivity index (χ3n) is 5.93. The molecule has 2 unspecified atom stereocenters. The molecule has 5 N–H and O–H groups in total. The topological polar surface area (TPSA) is 124 Å². The van der Waals surface area contributed by atoms with Gasteiger partial charge >= 0.3 is 0 Å². The number of nitrogens with zero attached hydrogens (tertiary/aromatic N) is 2. The molecule has 1 saturated heterocycles. The first-order chi connectivity index (χ1) is 16.0. The molecule has 0 spiro atoms. The van der Waals surface area contributed by atoms with Gasteiger partial charge in [0.05, 0.1) is 0 Å². The molecule has 2 amide bonds. The van der Waals surface area contributed by atoms with E-state index >= 15 is 0 Å². The largest absolute Gasteiger partial charge is 0.384 e. The third-order valence-corrected chi connectivity index (χ3v) is 6.17. The van der Waals surface area contributed by atoms with Crippen LogP contribution in [0.5, 0.6) is 0 Å². The van der Waals surface area contributed by atoms with E-state index in [2.05, 4.69) is 15.3 Å². The lowest BCUT2D eigenvalue weighted by molar-refractivity contribution is -0.125. The zero-order valence-corrected chi connectivity index (χ0v) is 18.8. The van der Waals surface area contributed by atoms with Gasteiger partial charge in [0.2, 0.25) is 5.91 Å². The van der Waals surface area contributed by atoms with E-state index in [-0.39, 0.29) is 18.4 Å². The Morgan fingerprint density at radius 3 is 2.76 bits per heavy atom. The van der Waals surface area contributed by atoms with Crippen LogP contribution in [0.1, 0.15) is 51.7 Å². The Morgan fingerprint density at radius 2 is 2.00 bits per heavy atom. The standard InChI is InChI=1S/C24H26ClN5O3/c25-19-4-3-16(12-26)17(10-19)13-29-23(32)21-2-1-9-30(21)24(33)20-11-18(14-28-20)22(31)15-5-7-27-8-6-15/h3-8,10-11,14,21-22,28,31H,1-2,9,12-13,26H2,(H,29,32). The van der Waals surface area contributed by atoms with Gasteiger partial charge in [0, 0.05) is 48.8 Å². The summed E-state index contributed by atoms with van der Waals surface area (Å²) in [5.41, 5.74) is 9.13. The number of pyridine rings is 1. The zero-order valence-electron chi connectivity index (χ0n) is 18.0. The highest BCUT2D eigenvalue weighted by Gasteiger charge is 2.35. The van der Waals surface area contributed by atoms with Gasteiger partial charge in [-0.2, -0.15) is 0 Å². The second-order valence-electron chi connectivity index (χ2n) is 8.02. The summed E-state index contributed by atoms with van der Waals surface area (Å²) >= 11 is 6.08. The van der Waals surface area contributed by atoms with E-state index in [0.717, 1.165) is 17.5 Å². The molecule has 1 fully saturated rings. The van der Waals surface area contributed by atoms with Gasteiger partial charge in [-0.15, -0.1) is 0 Å². The maximum Gasteiger partial charge on any atom is 0.270 e. The number of halogens is 1. The summed E-state index contributed by atoms with van der Waals surface area (Å²) < 4.78 is 0. The summed E-state index contributed by atoms with van der Waals surface area (Å²) in [4.78, 5) is 34.5. The molecule has 8 nitrogen and oxygen atoms in total. The van der Waals surface area contributed by atoms with Crippen molar-refractivity contribution in [3.8, 4) is 0 Å². The van der Waals surface area contributed by atoms with Crippen LogP contribution in [0.3, 0.4) is 0 Å². The van der Waals surface area contributed by atoms with Crippen molar-refractivity contribution in [2.45, 2.75) is 38.1 Å². The number of likely N-dealkylation sites (tertiary alicyclic amines) is 1. The Morgan fingerprint density at radius 1 is 1.21 bits per heavy atom. The molecule has 3 heterocycles. The average molecular weight is 468 g/mol. The normalized spacial score (nSPS) is 16.6. The lowest BCUT2D eigenvalue weighted by atomic mass is 10.1. The molecule has 0 saturated carbocycles. The van der Waals surface area contributed by atoms with Crippen molar-refractivity contribution in [2.24, 2.45) is 5.73 Å². The van der Waals surface area contributed by atoms with Gasteiger partial charge in [0.25, 0.3) is 5.91 Å². The van der Waals surface area contributed by atoms with Gasteiger partial charge in [0.1, 0.15) is 17.8 Å². The molecular weight excluding hydrogens is 442 g/mol. The predicted molar refractivity (Wildman–Crippen MR) is 124 cm³/mol. The molecule has 0 radical (unpaired) electrons. The fourth-order valence-electron chi connectivity index (χ4n) is 4.13. The minimum absolute atomic E-state index is 0.215. The maximum atomic E-state index is 13.1. The van der Waals surface area contributed by atoms with Crippen LogP contribution in [0.4, 0.5) is 0 Å². The fourth-order valence-corrected chi connectivity index (χ4v) is 4.32. The highest BCUT2D eigenvalue weighted by Crippen LogP contribution is 2.25. The second-order valence-corrected chi connectivity index (χ2v) is 8.46. The SMILES string of the molecule is NCc1ccc(Cl)cc1CNC(=O)C1CCCN1C(=O)c1cc(C(O)c2ccncc2)c[nH]1. The highest BCUT2D eigenvalue weighted by molar-refractivity contribution is 6.30. The number of carbonyl (C=O) groups is 2. The van der Waals surface area contributed by atoms with Crippen molar-refractivity contribution < 1.29 is 14.7 Å². The van der Waals surface area contributed by atoms with Crippen LogP contribution in [0.2, 0.25) is 5.02 Å². The van der Waals surface area contributed by atoms with Crippen molar-refractivity contribution in [3.63, 3.8) is 0 Å². The number of hydrogen-bond acceptors (Lipinski definition) is 5. The third kappa shape index (κ3) is 5.08. The molecule has 2 atom stereocenters. The molecule has 1 aliphatic heterocycles. The first-order valence-electron chi connectivity index (χ1n) is 10.8. The maximum absolute atomic E-state index is 13.1. The number of hydrogen-bond donors (Lipinski definition) is 4. The highest BCUT2D eigenvalue weighted by atomic mass is 35.5. The van der Waals surface area contributed by atoms with Gasteiger partial charge in [-0.1, -0.05) is 17.7 Å². The number of aliphatic hydroxyl groups excluding tert-OH is 1. The number of benzene rings is 1. The number of amides is 2. The van der Waals surface area contributed by atoms with Crippen molar-refractivity contribution in [1.82, 2.24) is 20.2 Å². The lowest BCUT2D eigenvalue weighted by Crippen LogP contribution is -2.45. The molecule has 9 heteroatoms. The van der Waals surface area contributed by atoms with Crippen LogP contribution in [0.25, 0.3) is 0 Å². The summed E-state index contributed by atoms with van der Waals surface area (Å²) in [5.74, 6) is -0.487. The van der Waals surface area contributed by atoms with E-state index in [1.54, 1.807) is 53.8 Å². The van der Waals surface area contributed by atoms with Gasteiger partial charge in [-0.3, -0.25) is 14.6 Å². The fraction of sp³-hybridized carbons (Fsp3) is 0.292. The van der Waals surface area contributed by atoms with E-state index in [1.165, 1.54) is 0 Å². The number of nitrogens with two attached hydrogens (primary N) is 1. The van der Waals surface area contributed by atoms with Crippen molar-refractivity contribution in [3.05, 3.63) is 88.0 Å². The van der Waals surface area contributed by atoms with Crippen molar-refractivity contribution in [1.29, 1.82) is 0 Å². The number of aliphatic hydroxyl groups is 1. The van der Waals surface area contributed by atoms with Crippen LogP contribution in [-0.2, 0) is 17.9 Å². The van der Waals surface area contributed by atoms with Crippen LogP contribution in [0.15, 0.2) is 55.0 Å². The molecule has 3 aromatic rings. The lowest BCUT2D eigenvalue weighted by Gasteiger charge is -2.23. The summed E-state index contributed by atoms with van der Waals surface area (Å²) in [7, 11) is 0. The first-order valence-corrected chi connectivity index (χ1v) is 11.2.